The van der Waals surface area contributed by atoms with Crippen molar-refractivity contribution in [1.82, 2.24) is 14.9 Å². The van der Waals surface area contributed by atoms with Crippen LogP contribution < -0.4 is 15.6 Å². The molecule has 1 amide bonds. The number of benzene rings is 1. The van der Waals surface area contributed by atoms with Crippen LogP contribution in [0.3, 0.4) is 0 Å². The van der Waals surface area contributed by atoms with E-state index < -0.39 is 0 Å². The molecule has 3 aromatic rings. The molecule has 1 N–H and O–H groups in total. The van der Waals surface area contributed by atoms with Gasteiger partial charge in [-0.3, -0.25) is 14.2 Å². The molecule has 0 spiro atoms. The third-order valence-electron chi connectivity index (χ3n) is 5.24. The van der Waals surface area contributed by atoms with E-state index in [-0.39, 0.29) is 18.0 Å². The lowest BCUT2D eigenvalue weighted by Crippen LogP contribution is -2.32. The lowest BCUT2D eigenvalue weighted by Gasteiger charge is -2.17. The van der Waals surface area contributed by atoms with Crippen molar-refractivity contribution in [3.63, 3.8) is 0 Å². The fourth-order valence-corrected chi connectivity index (χ4v) is 4.97. The number of thiophene rings is 1. The SMILES string of the molecule is COc1ccc(CNC(=O)Cn2cnc3sc4c(c3c2=O)CC[C@@H](C)C4)cc1. The highest BCUT2D eigenvalue weighted by Crippen LogP contribution is 2.35. The highest BCUT2D eigenvalue weighted by Gasteiger charge is 2.23. The predicted octanol–water partition coefficient (Wildman–Crippen LogP) is 2.91. The number of amides is 1. The van der Waals surface area contributed by atoms with Gasteiger partial charge in [0.25, 0.3) is 5.56 Å². The van der Waals surface area contributed by atoms with Gasteiger partial charge in [0.1, 0.15) is 17.1 Å². The molecule has 1 aliphatic rings. The van der Waals surface area contributed by atoms with Crippen LogP contribution >= 0.6 is 11.3 Å². The van der Waals surface area contributed by atoms with Crippen LogP contribution in [0.4, 0.5) is 0 Å². The highest BCUT2D eigenvalue weighted by atomic mass is 32.1. The van der Waals surface area contributed by atoms with E-state index in [0.29, 0.717) is 17.8 Å². The van der Waals surface area contributed by atoms with Gasteiger partial charge in [-0.05, 0) is 48.4 Å². The second-order valence-corrected chi connectivity index (χ2v) is 8.42. The lowest BCUT2D eigenvalue weighted by atomic mass is 9.89. The Morgan fingerprint density at radius 3 is 2.89 bits per heavy atom. The zero-order chi connectivity index (χ0) is 19.7. The first-order valence-electron chi connectivity index (χ1n) is 9.44. The number of nitrogens with zero attached hydrogens (tertiary/aromatic N) is 2. The first kappa shape index (κ1) is 18.7. The molecular weight excluding hydrogens is 374 g/mol. The average Bonchev–Trinajstić information content (AvgIpc) is 3.07. The summed E-state index contributed by atoms with van der Waals surface area (Å²) in [6, 6.07) is 7.50. The summed E-state index contributed by atoms with van der Waals surface area (Å²) in [7, 11) is 1.62. The van der Waals surface area contributed by atoms with Crippen LogP contribution in [0.25, 0.3) is 10.2 Å². The summed E-state index contributed by atoms with van der Waals surface area (Å²) in [6.45, 7) is 2.62. The van der Waals surface area contributed by atoms with Crippen molar-refractivity contribution in [1.29, 1.82) is 0 Å². The van der Waals surface area contributed by atoms with Crippen LogP contribution in [0.1, 0.15) is 29.3 Å². The van der Waals surface area contributed by atoms with E-state index in [1.54, 1.807) is 18.4 Å². The van der Waals surface area contributed by atoms with Crippen molar-refractivity contribution in [2.24, 2.45) is 5.92 Å². The first-order valence-corrected chi connectivity index (χ1v) is 10.3. The third kappa shape index (κ3) is 3.67. The summed E-state index contributed by atoms with van der Waals surface area (Å²) >= 11 is 1.62. The fraction of sp³-hybridized carbons (Fsp3) is 0.381. The van der Waals surface area contributed by atoms with E-state index in [1.807, 2.05) is 24.3 Å². The van der Waals surface area contributed by atoms with Crippen molar-refractivity contribution >= 4 is 27.5 Å². The monoisotopic (exact) mass is 397 g/mol. The zero-order valence-corrected chi connectivity index (χ0v) is 16.8. The molecule has 146 valence electrons. The molecule has 28 heavy (non-hydrogen) atoms. The number of carbonyl (C=O) groups is 1. The molecule has 0 radical (unpaired) electrons. The van der Waals surface area contributed by atoms with Crippen molar-refractivity contribution < 1.29 is 9.53 Å². The summed E-state index contributed by atoms with van der Waals surface area (Å²) in [5.74, 6) is 1.21. The molecule has 0 aliphatic heterocycles. The van der Waals surface area contributed by atoms with E-state index in [0.717, 1.165) is 41.0 Å². The van der Waals surface area contributed by atoms with Crippen LogP contribution in [0.5, 0.6) is 5.75 Å². The van der Waals surface area contributed by atoms with Crippen LogP contribution in [0.2, 0.25) is 0 Å². The van der Waals surface area contributed by atoms with E-state index in [4.69, 9.17) is 4.74 Å². The second kappa shape index (κ2) is 7.75. The molecule has 1 aromatic carbocycles. The van der Waals surface area contributed by atoms with Crippen molar-refractivity contribution in [2.75, 3.05) is 7.11 Å². The van der Waals surface area contributed by atoms with E-state index >= 15 is 0 Å². The van der Waals surface area contributed by atoms with Crippen molar-refractivity contribution in [3.05, 3.63) is 57.0 Å². The van der Waals surface area contributed by atoms with E-state index in [9.17, 15) is 9.59 Å². The number of hydrogen-bond acceptors (Lipinski definition) is 5. The zero-order valence-electron chi connectivity index (χ0n) is 16.0. The molecule has 0 saturated heterocycles. The smallest absolute Gasteiger partial charge is 0.262 e. The Morgan fingerprint density at radius 1 is 1.36 bits per heavy atom. The van der Waals surface area contributed by atoms with Crippen LogP contribution in [-0.4, -0.2) is 22.6 Å². The summed E-state index contributed by atoms with van der Waals surface area (Å²) in [5, 5.41) is 3.56. The molecule has 1 atom stereocenters. The summed E-state index contributed by atoms with van der Waals surface area (Å²) in [5.41, 5.74) is 2.00. The predicted molar refractivity (Wildman–Crippen MR) is 110 cm³/mol. The molecule has 2 aromatic heterocycles. The maximum absolute atomic E-state index is 13.0. The molecular formula is C21H23N3O3S. The lowest BCUT2D eigenvalue weighted by molar-refractivity contribution is -0.121. The number of rotatable bonds is 5. The van der Waals surface area contributed by atoms with Gasteiger partial charge < -0.3 is 10.1 Å². The maximum atomic E-state index is 13.0. The Bertz CT molecular complexity index is 1070. The quantitative estimate of drug-likeness (QED) is 0.718. The molecule has 4 rings (SSSR count). The molecule has 0 bridgehead atoms. The minimum absolute atomic E-state index is 0.0288. The Morgan fingerprint density at radius 2 is 2.14 bits per heavy atom. The van der Waals surface area contributed by atoms with E-state index in [1.165, 1.54) is 15.8 Å². The van der Waals surface area contributed by atoms with Crippen LogP contribution in [0, 0.1) is 5.92 Å². The number of aromatic nitrogens is 2. The van der Waals surface area contributed by atoms with Gasteiger partial charge in [0.05, 0.1) is 18.8 Å². The van der Waals surface area contributed by atoms with Gasteiger partial charge in [0.15, 0.2) is 0 Å². The number of ether oxygens (including phenoxy) is 1. The summed E-state index contributed by atoms with van der Waals surface area (Å²) < 4.78 is 6.54. The standard InChI is InChI=1S/C21H23N3O3S/c1-13-3-8-16-17(9-13)28-20-19(16)21(26)24(12-23-20)11-18(25)22-10-14-4-6-15(27-2)7-5-14/h4-7,12-13H,3,8-11H2,1-2H3,(H,22,25)/t13-/m1/s1. The summed E-state index contributed by atoms with van der Waals surface area (Å²) in [4.78, 5) is 31.8. The number of nitrogens with one attached hydrogen (secondary N) is 1. The molecule has 2 heterocycles. The van der Waals surface area contributed by atoms with Crippen molar-refractivity contribution in [3.8, 4) is 5.75 Å². The topological polar surface area (TPSA) is 73.2 Å². The normalized spacial score (nSPS) is 16.0. The van der Waals surface area contributed by atoms with Crippen LogP contribution in [0.15, 0.2) is 35.4 Å². The van der Waals surface area contributed by atoms with Crippen molar-refractivity contribution in [2.45, 2.75) is 39.3 Å². The maximum Gasteiger partial charge on any atom is 0.262 e. The van der Waals surface area contributed by atoms with Crippen LogP contribution in [-0.2, 0) is 30.7 Å². The third-order valence-corrected chi connectivity index (χ3v) is 6.41. The number of hydrogen-bond donors (Lipinski definition) is 1. The second-order valence-electron chi connectivity index (χ2n) is 7.33. The number of fused-ring (bicyclic) bond motifs is 3. The van der Waals surface area contributed by atoms with Gasteiger partial charge in [-0.15, -0.1) is 11.3 Å². The largest absolute Gasteiger partial charge is 0.497 e. The Hall–Kier alpha value is -2.67. The highest BCUT2D eigenvalue weighted by molar-refractivity contribution is 7.18. The number of aryl methyl sites for hydroxylation is 1. The van der Waals surface area contributed by atoms with E-state index in [2.05, 4.69) is 17.2 Å². The summed E-state index contributed by atoms with van der Waals surface area (Å²) in [6.07, 6.45) is 4.51. The minimum atomic E-state index is -0.211. The Balaban J connectivity index is 1.49. The molecule has 1 aliphatic carbocycles. The van der Waals surface area contributed by atoms with Gasteiger partial charge in [0.2, 0.25) is 5.91 Å². The first-order chi connectivity index (χ1) is 13.5. The molecule has 0 unspecified atom stereocenters. The Kier molecular flexibility index (Phi) is 5.17. The number of carbonyl (C=O) groups excluding carboxylic acids is 1. The molecule has 0 fully saturated rings. The fourth-order valence-electron chi connectivity index (χ4n) is 3.63. The van der Waals surface area contributed by atoms with Gasteiger partial charge in [-0.1, -0.05) is 19.1 Å². The average molecular weight is 398 g/mol. The molecule has 6 nitrogen and oxygen atoms in total. The minimum Gasteiger partial charge on any atom is -0.497 e. The molecule has 7 heteroatoms. The van der Waals surface area contributed by atoms with Gasteiger partial charge >= 0.3 is 0 Å². The van der Waals surface area contributed by atoms with Gasteiger partial charge in [0, 0.05) is 11.4 Å². The number of methoxy groups -OCH3 is 1. The molecule has 0 saturated carbocycles. The van der Waals surface area contributed by atoms with Gasteiger partial charge in [-0.25, -0.2) is 4.98 Å². The van der Waals surface area contributed by atoms with Gasteiger partial charge in [-0.2, -0.15) is 0 Å². The Labute approximate surface area is 167 Å².